The second-order valence-electron chi connectivity index (χ2n) is 6.25. The maximum absolute atomic E-state index is 12.7. The van der Waals surface area contributed by atoms with E-state index in [1.165, 1.54) is 22.7 Å². The van der Waals surface area contributed by atoms with Crippen LogP contribution < -0.4 is 0 Å². The monoisotopic (exact) mass is 332 g/mol. The highest BCUT2D eigenvalue weighted by molar-refractivity contribution is 7.86. The first-order chi connectivity index (χ1) is 10.4. The molecule has 22 heavy (non-hydrogen) atoms. The first-order valence-electron chi connectivity index (χ1n) is 8.05. The Morgan fingerprint density at radius 3 is 2.32 bits per heavy atom. The summed E-state index contributed by atoms with van der Waals surface area (Å²) in [6.07, 6.45) is 1.53. The number of rotatable bonds is 4. The maximum atomic E-state index is 12.7. The number of likely N-dealkylation sites (N-methyl/N-ethyl adjacent to an activating group) is 1. The summed E-state index contributed by atoms with van der Waals surface area (Å²) in [5.41, 5.74) is 0. The molecule has 0 N–H and O–H groups in total. The van der Waals surface area contributed by atoms with Gasteiger partial charge in [0.2, 0.25) is 5.91 Å². The highest BCUT2D eigenvalue weighted by Crippen LogP contribution is 2.22. The first-order valence-corrected chi connectivity index (χ1v) is 9.44. The van der Waals surface area contributed by atoms with E-state index >= 15 is 0 Å². The number of nitrogens with zero attached hydrogens (tertiary/aromatic N) is 4. The van der Waals surface area contributed by atoms with Crippen molar-refractivity contribution in [3.8, 4) is 0 Å². The Labute approximate surface area is 134 Å². The van der Waals surface area contributed by atoms with Crippen LogP contribution in [0.3, 0.4) is 0 Å². The van der Waals surface area contributed by atoms with Gasteiger partial charge in [0.15, 0.2) is 0 Å². The van der Waals surface area contributed by atoms with Gasteiger partial charge in [-0.05, 0) is 19.4 Å². The molecule has 8 heteroatoms. The number of carbonyl (C=O) groups excluding carboxylic acids is 1. The Balaban J connectivity index is 1.96. The third-order valence-electron chi connectivity index (χ3n) is 4.65. The average molecular weight is 332 g/mol. The molecule has 7 nitrogen and oxygen atoms in total. The second-order valence-corrected chi connectivity index (χ2v) is 8.39. The summed E-state index contributed by atoms with van der Waals surface area (Å²) in [5.74, 6) is -0.0777. The van der Waals surface area contributed by atoms with Crippen molar-refractivity contribution in [3.05, 3.63) is 0 Å². The van der Waals surface area contributed by atoms with E-state index in [9.17, 15) is 13.2 Å². The van der Waals surface area contributed by atoms with E-state index in [1.54, 1.807) is 0 Å². The minimum absolute atomic E-state index is 0.120. The van der Waals surface area contributed by atoms with Gasteiger partial charge in [0.25, 0.3) is 10.2 Å². The molecule has 2 saturated heterocycles. The van der Waals surface area contributed by atoms with Crippen molar-refractivity contribution in [2.24, 2.45) is 5.92 Å². The summed E-state index contributed by atoms with van der Waals surface area (Å²) in [6.45, 7) is 7.29. The number of hydrogen-bond acceptors (Lipinski definition) is 4. The fourth-order valence-corrected chi connectivity index (χ4v) is 4.32. The summed E-state index contributed by atoms with van der Waals surface area (Å²) >= 11 is 0. The predicted octanol–water partition coefficient (Wildman–Crippen LogP) is -0.331. The lowest BCUT2D eigenvalue weighted by molar-refractivity contribution is -0.138. The van der Waals surface area contributed by atoms with Crippen LogP contribution in [0, 0.1) is 5.92 Å². The van der Waals surface area contributed by atoms with Gasteiger partial charge in [-0.2, -0.15) is 17.0 Å². The molecule has 1 unspecified atom stereocenters. The summed E-state index contributed by atoms with van der Waals surface area (Å²) in [5, 5.41) is 0. The van der Waals surface area contributed by atoms with Crippen molar-refractivity contribution in [1.29, 1.82) is 0 Å². The van der Waals surface area contributed by atoms with Gasteiger partial charge in [-0.3, -0.25) is 4.79 Å². The van der Waals surface area contributed by atoms with Gasteiger partial charge in [-0.25, -0.2) is 0 Å². The van der Waals surface area contributed by atoms with Crippen LogP contribution in [0.25, 0.3) is 0 Å². The summed E-state index contributed by atoms with van der Waals surface area (Å²) in [4.78, 5) is 16.9. The van der Waals surface area contributed by atoms with Crippen molar-refractivity contribution in [2.45, 2.75) is 19.8 Å². The summed E-state index contributed by atoms with van der Waals surface area (Å²) in [6, 6.07) is 0. The highest BCUT2D eigenvalue weighted by atomic mass is 32.2. The minimum atomic E-state index is -3.42. The molecule has 0 aliphatic carbocycles. The quantitative estimate of drug-likeness (QED) is 0.707. The molecule has 0 spiro atoms. The summed E-state index contributed by atoms with van der Waals surface area (Å²) in [7, 11) is -0.357. The molecule has 0 saturated carbocycles. The Bertz CT molecular complexity index is 486. The molecule has 128 valence electrons. The van der Waals surface area contributed by atoms with E-state index in [0.29, 0.717) is 13.1 Å². The fraction of sp³-hybridized carbons (Fsp3) is 0.929. The van der Waals surface area contributed by atoms with Crippen molar-refractivity contribution in [2.75, 3.05) is 59.9 Å². The van der Waals surface area contributed by atoms with Gasteiger partial charge >= 0.3 is 0 Å². The van der Waals surface area contributed by atoms with E-state index < -0.39 is 10.2 Å². The smallest absolute Gasteiger partial charge is 0.281 e. The number of piperidine rings is 1. The van der Waals surface area contributed by atoms with Gasteiger partial charge in [0.05, 0.1) is 5.92 Å². The second kappa shape index (κ2) is 7.25. The zero-order valence-corrected chi connectivity index (χ0v) is 14.7. The summed E-state index contributed by atoms with van der Waals surface area (Å²) < 4.78 is 27.1. The topological polar surface area (TPSA) is 64.2 Å². The van der Waals surface area contributed by atoms with Crippen LogP contribution in [0.1, 0.15) is 19.8 Å². The Morgan fingerprint density at radius 2 is 1.77 bits per heavy atom. The number of carbonyl (C=O) groups is 1. The van der Waals surface area contributed by atoms with Gasteiger partial charge in [-0.15, -0.1) is 0 Å². The normalized spacial score (nSPS) is 25.6. The van der Waals surface area contributed by atoms with E-state index in [0.717, 1.165) is 45.6 Å². The van der Waals surface area contributed by atoms with Crippen molar-refractivity contribution >= 4 is 16.1 Å². The molecule has 0 aromatic rings. The molecule has 2 heterocycles. The fourth-order valence-electron chi connectivity index (χ4n) is 3.13. The molecule has 0 bridgehead atoms. The maximum Gasteiger partial charge on any atom is 0.281 e. The van der Waals surface area contributed by atoms with Crippen LogP contribution in [-0.2, 0) is 15.0 Å². The predicted molar refractivity (Wildman–Crippen MR) is 85.6 cm³/mol. The van der Waals surface area contributed by atoms with Crippen molar-refractivity contribution in [1.82, 2.24) is 18.4 Å². The molecule has 0 aromatic heterocycles. The van der Waals surface area contributed by atoms with Gasteiger partial charge in [-0.1, -0.05) is 6.92 Å². The Hall–Kier alpha value is -0.700. The Morgan fingerprint density at radius 1 is 1.14 bits per heavy atom. The Kier molecular flexibility index (Phi) is 5.81. The third kappa shape index (κ3) is 3.79. The zero-order chi connectivity index (χ0) is 16.3. The van der Waals surface area contributed by atoms with Crippen LogP contribution in [0.5, 0.6) is 0 Å². The number of amides is 1. The molecule has 1 atom stereocenters. The lowest BCUT2D eigenvalue weighted by atomic mass is 9.98. The largest absolute Gasteiger partial charge is 0.340 e. The van der Waals surface area contributed by atoms with Crippen LogP contribution in [0.2, 0.25) is 0 Å². The van der Waals surface area contributed by atoms with Gasteiger partial charge in [0.1, 0.15) is 0 Å². The molecule has 0 aromatic carbocycles. The van der Waals surface area contributed by atoms with Crippen molar-refractivity contribution in [3.63, 3.8) is 0 Å². The molecule has 0 radical (unpaired) electrons. The van der Waals surface area contributed by atoms with E-state index in [1.807, 2.05) is 4.90 Å². The van der Waals surface area contributed by atoms with Gasteiger partial charge < -0.3 is 9.80 Å². The molecular weight excluding hydrogens is 304 g/mol. The molecule has 2 aliphatic heterocycles. The lowest BCUT2D eigenvalue weighted by Crippen LogP contribution is -2.53. The molecular formula is C14H28N4O3S. The number of piperazine rings is 1. The SMILES string of the molecule is CCN1CCN(C(=O)C2CCCN(S(=O)(=O)N(C)C)C2)CC1. The van der Waals surface area contributed by atoms with Crippen LogP contribution in [0.4, 0.5) is 0 Å². The van der Waals surface area contributed by atoms with Crippen molar-refractivity contribution < 1.29 is 13.2 Å². The van der Waals surface area contributed by atoms with Crippen LogP contribution >= 0.6 is 0 Å². The van der Waals surface area contributed by atoms with E-state index in [4.69, 9.17) is 0 Å². The average Bonchev–Trinajstić information content (AvgIpc) is 2.54. The molecule has 2 rings (SSSR count). The lowest BCUT2D eigenvalue weighted by Gasteiger charge is -2.38. The molecule has 1 amide bonds. The first kappa shape index (κ1) is 17.7. The zero-order valence-electron chi connectivity index (χ0n) is 13.9. The highest BCUT2D eigenvalue weighted by Gasteiger charge is 2.35. The van der Waals surface area contributed by atoms with E-state index in [-0.39, 0.29) is 11.8 Å². The number of hydrogen-bond donors (Lipinski definition) is 0. The van der Waals surface area contributed by atoms with Crippen LogP contribution in [-0.4, -0.2) is 92.6 Å². The van der Waals surface area contributed by atoms with Gasteiger partial charge in [0, 0.05) is 53.4 Å². The molecule has 2 aliphatic rings. The molecule has 2 fully saturated rings. The standard InChI is InChI=1S/C14H28N4O3S/c1-4-16-8-10-17(11-9-16)14(19)13-6-5-7-18(12-13)22(20,21)15(2)3/h13H,4-12H2,1-3H3. The van der Waals surface area contributed by atoms with E-state index in [2.05, 4.69) is 11.8 Å². The van der Waals surface area contributed by atoms with Crippen LogP contribution in [0.15, 0.2) is 0 Å². The third-order valence-corrected chi connectivity index (χ3v) is 6.56. The minimum Gasteiger partial charge on any atom is -0.340 e.